The van der Waals surface area contributed by atoms with E-state index < -0.39 is 0 Å². The van der Waals surface area contributed by atoms with Crippen LogP contribution >= 0.6 is 0 Å². The van der Waals surface area contributed by atoms with Crippen LogP contribution in [0.15, 0.2) is 70.1 Å². The maximum absolute atomic E-state index is 6.31. The third-order valence-electron chi connectivity index (χ3n) is 5.19. The lowest BCUT2D eigenvalue weighted by Gasteiger charge is -2.10. The first-order valence-corrected chi connectivity index (χ1v) is 9.98. The van der Waals surface area contributed by atoms with E-state index in [1.54, 1.807) is 21.3 Å². The Bertz CT molecular complexity index is 1300. The molecule has 0 saturated carbocycles. The first-order chi connectivity index (χ1) is 15.0. The third-order valence-corrected chi connectivity index (χ3v) is 5.19. The van der Waals surface area contributed by atoms with Crippen LogP contribution in [0.1, 0.15) is 11.1 Å². The molecule has 4 aromatic rings. The van der Waals surface area contributed by atoms with Gasteiger partial charge in [0.25, 0.3) is 0 Å². The number of ether oxygens (including phenoxy) is 3. The van der Waals surface area contributed by atoms with Crippen molar-refractivity contribution in [1.82, 2.24) is 0 Å². The molecule has 0 atom stereocenters. The molecule has 3 aromatic carbocycles. The van der Waals surface area contributed by atoms with Crippen molar-refractivity contribution in [3.05, 3.63) is 77.1 Å². The van der Waals surface area contributed by atoms with Gasteiger partial charge < -0.3 is 18.6 Å². The Morgan fingerprint density at radius 3 is 2.13 bits per heavy atom. The largest absolute Gasteiger partial charge is 0.497 e. The molecule has 0 bridgehead atoms. The molecule has 1 aromatic heterocycles. The van der Waals surface area contributed by atoms with Crippen molar-refractivity contribution in [2.24, 2.45) is 4.99 Å². The summed E-state index contributed by atoms with van der Waals surface area (Å²) in [6, 6.07) is 19.5. The molecule has 0 aliphatic carbocycles. The molecule has 0 saturated heterocycles. The van der Waals surface area contributed by atoms with Gasteiger partial charge in [0, 0.05) is 23.1 Å². The molecule has 31 heavy (non-hydrogen) atoms. The zero-order chi connectivity index (χ0) is 22.0. The molecule has 5 nitrogen and oxygen atoms in total. The SMILES string of the molecule is COc1ccc(-c2cc(=Nc3cc(OC)ccc3OC)c3c(C)cc(C)cc3o2)cc1. The molecule has 0 aliphatic rings. The van der Waals surface area contributed by atoms with Crippen molar-refractivity contribution in [2.75, 3.05) is 21.3 Å². The predicted molar refractivity (Wildman–Crippen MR) is 122 cm³/mol. The summed E-state index contributed by atoms with van der Waals surface area (Å²) in [5, 5.41) is 1.77. The average Bonchev–Trinajstić information content (AvgIpc) is 2.78. The Morgan fingerprint density at radius 2 is 1.45 bits per heavy atom. The van der Waals surface area contributed by atoms with Crippen LogP contribution < -0.4 is 19.6 Å². The van der Waals surface area contributed by atoms with Crippen molar-refractivity contribution in [3.8, 4) is 28.6 Å². The number of benzene rings is 3. The smallest absolute Gasteiger partial charge is 0.144 e. The van der Waals surface area contributed by atoms with E-state index in [4.69, 9.17) is 23.6 Å². The average molecular weight is 415 g/mol. The minimum atomic E-state index is 0.672. The van der Waals surface area contributed by atoms with Gasteiger partial charge in [-0.25, -0.2) is 4.99 Å². The van der Waals surface area contributed by atoms with Crippen LogP contribution in [-0.2, 0) is 0 Å². The Morgan fingerprint density at radius 1 is 0.742 bits per heavy atom. The second-order valence-corrected chi connectivity index (χ2v) is 7.33. The van der Waals surface area contributed by atoms with Crippen molar-refractivity contribution in [2.45, 2.75) is 13.8 Å². The minimum Gasteiger partial charge on any atom is -0.497 e. The Kier molecular flexibility index (Phi) is 5.67. The fourth-order valence-electron chi connectivity index (χ4n) is 3.68. The summed E-state index contributed by atoms with van der Waals surface area (Å²) < 4.78 is 22.5. The van der Waals surface area contributed by atoms with Crippen LogP contribution in [0.3, 0.4) is 0 Å². The maximum atomic E-state index is 6.31. The van der Waals surface area contributed by atoms with Gasteiger partial charge >= 0.3 is 0 Å². The second kappa shape index (κ2) is 8.56. The van der Waals surface area contributed by atoms with E-state index in [9.17, 15) is 0 Å². The quantitative estimate of drug-likeness (QED) is 0.403. The standard InChI is InChI=1S/C26H25NO4/c1-16-12-17(2)26-22(27-21-14-20(29-4)10-11-23(21)30-5)15-24(31-25(26)13-16)18-6-8-19(28-3)9-7-18/h6-15H,1-5H3. The van der Waals surface area contributed by atoms with Crippen LogP contribution in [0.2, 0.25) is 0 Å². The summed E-state index contributed by atoms with van der Waals surface area (Å²) in [6.07, 6.45) is 0. The van der Waals surface area contributed by atoms with Crippen LogP contribution in [0.25, 0.3) is 22.3 Å². The minimum absolute atomic E-state index is 0.672. The highest BCUT2D eigenvalue weighted by molar-refractivity contribution is 5.83. The molecule has 0 amide bonds. The molecule has 5 heteroatoms. The number of nitrogens with zero attached hydrogens (tertiary/aromatic N) is 1. The van der Waals surface area contributed by atoms with Crippen molar-refractivity contribution in [3.63, 3.8) is 0 Å². The number of methoxy groups -OCH3 is 3. The molecule has 1 heterocycles. The Balaban J connectivity index is 2.02. The molecule has 0 spiro atoms. The summed E-state index contributed by atoms with van der Waals surface area (Å²) in [6.45, 7) is 4.13. The van der Waals surface area contributed by atoms with E-state index >= 15 is 0 Å². The van der Waals surface area contributed by atoms with E-state index in [1.807, 2.05) is 54.6 Å². The Hall–Kier alpha value is -3.73. The number of hydrogen-bond donors (Lipinski definition) is 0. The molecule has 4 rings (SSSR count). The van der Waals surface area contributed by atoms with E-state index in [1.165, 1.54) is 0 Å². The number of aryl methyl sites for hydroxylation is 2. The van der Waals surface area contributed by atoms with E-state index in [0.717, 1.165) is 44.5 Å². The molecular formula is C26H25NO4. The van der Waals surface area contributed by atoms with E-state index in [-0.39, 0.29) is 0 Å². The highest BCUT2D eigenvalue weighted by Crippen LogP contribution is 2.32. The fraction of sp³-hybridized carbons (Fsp3) is 0.192. The summed E-state index contributed by atoms with van der Waals surface area (Å²) in [5.74, 6) is 2.90. The number of rotatable bonds is 5. The van der Waals surface area contributed by atoms with Crippen LogP contribution in [0.5, 0.6) is 17.2 Å². The summed E-state index contributed by atoms with van der Waals surface area (Å²) in [4.78, 5) is 4.97. The van der Waals surface area contributed by atoms with Crippen LogP contribution in [0, 0.1) is 13.8 Å². The maximum Gasteiger partial charge on any atom is 0.144 e. The van der Waals surface area contributed by atoms with Gasteiger partial charge in [-0.1, -0.05) is 6.07 Å². The van der Waals surface area contributed by atoms with Gasteiger partial charge in [0.05, 0.1) is 26.7 Å². The van der Waals surface area contributed by atoms with Gasteiger partial charge in [-0.15, -0.1) is 0 Å². The van der Waals surface area contributed by atoms with Gasteiger partial charge in [-0.2, -0.15) is 0 Å². The van der Waals surface area contributed by atoms with E-state index in [0.29, 0.717) is 17.2 Å². The molecule has 0 fully saturated rings. The first kappa shape index (κ1) is 20.5. The monoisotopic (exact) mass is 415 g/mol. The second-order valence-electron chi connectivity index (χ2n) is 7.33. The summed E-state index contributed by atoms with van der Waals surface area (Å²) >= 11 is 0. The normalized spacial score (nSPS) is 11.6. The lowest BCUT2D eigenvalue weighted by molar-refractivity contribution is 0.404. The Labute approximate surface area is 181 Å². The van der Waals surface area contributed by atoms with Crippen LogP contribution in [0.4, 0.5) is 5.69 Å². The van der Waals surface area contributed by atoms with Gasteiger partial charge in [0.1, 0.15) is 34.3 Å². The lowest BCUT2D eigenvalue weighted by atomic mass is 10.0. The molecule has 0 N–H and O–H groups in total. The third kappa shape index (κ3) is 4.12. The van der Waals surface area contributed by atoms with Crippen molar-refractivity contribution in [1.29, 1.82) is 0 Å². The number of hydrogen-bond acceptors (Lipinski definition) is 5. The zero-order valence-corrected chi connectivity index (χ0v) is 18.4. The van der Waals surface area contributed by atoms with Crippen molar-refractivity contribution >= 4 is 16.7 Å². The summed E-state index contributed by atoms with van der Waals surface area (Å²) in [7, 11) is 4.92. The lowest BCUT2D eigenvalue weighted by Crippen LogP contribution is -2.06. The highest BCUT2D eigenvalue weighted by Gasteiger charge is 2.11. The molecule has 0 aliphatic heterocycles. The van der Waals surface area contributed by atoms with Crippen LogP contribution in [-0.4, -0.2) is 21.3 Å². The van der Waals surface area contributed by atoms with Crippen molar-refractivity contribution < 1.29 is 18.6 Å². The van der Waals surface area contributed by atoms with Gasteiger partial charge in [0.15, 0.2) is 0 Å². The summed E-state index contributed by atoms with van der Waals surface area (Å²) in [5.41, 5.74) is 4.64. The predicted octanol–water partition coefficient (Wildman–Crippen LogP) is 5.97. The van der Waals surface area contributed by atoms with E-state index in [2.05, 4.69) is 19.9 Å². The highest BCUT2D eigenvalue weighted by atomic mass is 16.5. The zero-order valence-electron chi connectivity index (χ0n) is 18.4. The van der Waals surface area contributed by atoms with Gasteiger partial charge in [-0.3, -0.25) is 0 Å². The molecule has 158 valence electrons. The topological polar surface area (TPSA) is 53.2 Å². The molecule has 0 unspecified atom stereocenters. The number of fused-ring (bicyclic) bond motifs is 1. The molecular weight excluding hydrogens is 390 g/mol. The fourth-order valence-corrected chi connectivity index (χ4v) is 3.68. The van der Waals surface area contributed by atoms with Gasteiger partial charge in [-0.05, 0) is 67.4 Å². The first-order valence-electron chi connectivity index (χ1n) is 9.98. The molecule has 0 radical (unpaired) electrons. The van der Waals surface area contributed by atoms with Gasteiger partial charge in [0.2, 0.25) is 0 Å².